The molecule has 4 rings (SSSR count). The van der Waals surface area contributed by atoms with E-state index < -0.39 is 11.0 Å². The Morgan fingerprint density at radius 2 is 2.10 bits per heavy atom. The molecule has 0 radical (unpaired) electrons. The third kappa shape index (κ3) is 2.75. The molecule has 118 valence electrons. The van der Waals surface area contributed by atoms with Crippen LogP contribution < -0.4 is 0 Å². The molecular formula is C17H26O4. The number of rotatable bonds is 3. The quantitative estimate of drug-likeness (QED) is 0.751. The van der Waals surface area contributed by atoms with Crippen molar-refractivity contribution in [1.82, 2.24) is 0 Å². The molecule has 0 amide bonds. The summed E-state index contributed by atoms with van der Waals surface area (Å²) in [5, 5.41) is 0. The van der Waals surface area contributed by atoms with Crippen molar-refractivity contribution in [2.45, 2.75) is 71.0 Å². The first kappa shape index (κ1) is 15.0. The van der Waals surface area contributed by atoms with Crippen molar-refractivity contribution in [3.05, 3.63) is 0 Å². The van der Waals surface area contributed by atoms with Crippen molar-refractivity contribution < 1.29 is 19.1 Å². The number of ether oxygens (including phenoxy) is 2. The number of esters is 1. The fourth-order valence-corrected chi connectivity index (χ4v) is 4.14. The zero-order valence-corrected chi connectivity index (χ0v) is 13.3. The third-order valence-corrected chi connectivity index (χ3v) is 5.76. The molecular weight excluding hydrogens is 268 g/mol. The van der Waals surface area contributed by atoms with Crippen LogP contribution in [-0.4, -0.2) is 30.1 Å². The first-order chi connectivity index (χ1) is 9.83. The van der Waals surface area contributed by atoms with E-state index in [4.69, 9.17) is 9.47 Å². The van der Waals surface area contributed by atoms with E-state index in [1.54, 1.807) is 0 Å². The summed E-state index contributed by atoms with van der Waals surface area (Å²) < 4.78 is 11.8. The lowest BCUT2D eigenvalue weighted by atomic mass is 9.62. The summed E-state index contributed by atoms with van der Waals surface area (Å²) in [6, 6.07) is 0. The maximum Gasteiger partial charge on any atom is 0.312 e. The highest BCUT2D eigenvalue weighted by Crippen LogP contribution is 2.50. The first-order valence-corrected chi connectivity index (χ1v) is 8.21. The third-order valence-electron chi connectivity index (χ3n) is 5.76. The molecule has 2 saturated carbocycles. The number of fused-ring (bicyclic) bond motifs is 2. The topological polar surface area (TPSA) is 52.6 Å². The highest BCUT2D eigenvalue weighted by atomic mass is 16.6. The SMILES string of the molecule is CCC(C)(C)C(=O)OC12CC3CC(C1)OCC(=O)C(C3)C2. The molecule has 4 unspecified atom stereocenters. The minimum absolute atomic E-state index is 0.0162. The minimum Gasteiger partial charge on any atom is -0.459 e. The van der Waals surface area contributed by atoms with Crippen LogP contribution in [0, 0.1) is 17.3 Å². The summed E-state index contributed by atoms with van der Waals surface area (Å²) in [6.07, 6.45) is 5.17. The van der Waals surface area contributed by atoms with Crippen molar-refractivity contribution in [2.24, 2.45) is 17.3 Å². The summed E-state index contributed by atoms with van der Waals surface area (Å²) >= 11 is 0. The molecule has 4 fully saturated rings. The van der Waals surface area contributed by atoms with Gasteiger partial charge in [-0.15, -0.1) is 0 Å². The van der Waals surface area contributed by atoms with E-state index in [1.807, 2.05) is 20.8 Å². The van der Waals surface area contributed by atoms with Gasteiger partial charge in [-0.3, -0.25) is 9.59 Å². The van der Waals surface area contributed by atoms with Gasteiger partial charge in [0.15, 0.2) is 5.78 Å². The molecule has 4 atom stereocenters. The lowest BCUT2D eigenvalue weighted by Gasteiger charge is -2.51. The number of carbonyl (C=O) groups excluding carboxylic acids is 2. The van der Waals surface area contributed by atoms with Gasteiger partial charge in [-0.1, -0.05) is 6.92 Å². The monoisotopic (exact) mass is 294 g/mol. The summed E-state index contributed by atoms with van der Waals surface area (Å²) in [4.78, 5) is 24.7. The van der Waals surface area contributed by atoms with Crippen LogP contribution in [0.1, 0.15) is 59.3 Å². The summed E-state index contributed by atoms with van der Waals surface area (Å²) in [5.41, 5.74) is -0.921. The largest absolute Gasteiger partial charge is 0.459 e. The standard InChI is InChI=1S/C17H26O4/c1-4-16(2,3)15(19)21-17-7-11-5-12(8-17)14(18)10-20-13(6-11)9-17/h11-13H,4-10H2,1-3H3. The highest BCUT2D eigenvalue weighted by molar-refractivity contribution is 5.83. The number of carbonyl (C=O) groups is 2. The first-order valence-electron chi connectivity index (χ1n) is 8.21. The Bertz CT molecular complexity index is 456. The van der Waals surface area contributed by atoms with Crippen LogP contribution in [0.15, 0.2) is 0 Å². The molecule has 0 aromatic rings. The van der Waals surface area contributed by atoms with E-state index in [2.05, 4.69) is 0 Å². The second-order valence-corrected chi connectivity index (χ2v) is 7.86. The highest BCUT2D eigenvalue weighted by Gasteiger charge is 2.53. The molecule has 2 heterocycles. The molecule has 4 nitrogen and oxygen atoms in total. The smallest absolute Gasteiger partial charge is 0.312 e. The van der Waals surface area contributed by atoms with E-state index >= 15 is 0 Å². The Morgan fingerprint density at radius 1 is 1.33 bits per heavy atom. The lowest BCUT2D eigenvalue weighted by molar-refractivity contribution is -0.199. The van der Waals surface area contributed by atoms with Crippen LogP contribution >= 0.6 is 0 Å². The number of hydrogen-bond donors (Lipinski definition) is 0. The van der Waals surface area contributed by atoms with Gasteiger partial charge in [0.1, 0.15) is 12.2 Å². The zero-order valence-electron chi connectivity index (χ0n) is 13.3. The Labute approximate surface area is 126 Å². The van der Waals surface area contributed by atoms with Crippen LogP contribution in [0.3, 0.4) is 0 Å². The zero-order chi connectivity index (χ0) is 15.3. The van der Waals surface area contributed by atoms with E-state index in [-0.39, 0.29) is 30.4 Å². The van der Waals surface area contributed by atoms with Crippen molar-refractivity contribution >= 4 is 11.8 Å². The summed E-state index contributed by atoms with van der Waals surface area (Å²) in [7, 11) is 0. The van der Waals surface area contributed by atoms with Crippen LogP contribution in [0.2, 0.25) is 0 Å². The average Bonchev–Trinajstić information content (AvgIpc) is 2.42. The molecule has 2 aliphatic carbocycles. The molecule has 0 aromatic carbocycles. The van der Waals surface area contributed by atoms with Crippen molar-refractivity contribution in [3.63, 3.8) is 0 Å². The molecule has 0 N–H and O–H groups in total. The molecule has 4 aliphatic rings. The van der Waals surface area contributed by atoms with Gasteiger partial charge in [0.25, 0.3) is 0 Å². The molecule has 4 bridgehead atoms. The molecule has 2 aliphatic heterocycles. The van der Waals surface area contributed by atoms with Gasteiger partial charge in [-0.2, -0.15) is 0 Å². The Hall–Kier alpha value is -0.900. The van der Waals surface area contributed by atoms with Gasteiger partial charge in [-0.05, 0) is 51.9 Å². The fourth-order valence-electron chi connectivity index (χ4n) is 4.14. The molecule has 0 aromatic heterocycles. The van der Waals surface area contributed by atoms with Crippen molar-refractivity contribution in [2.75, 3.05) is 6.61 Å². The van der Waals surface area contributed by atoms with Gasteiger partial charge in [-0.25, -0.2) is 0 Å². The number of ketones is 1. The molecule has 2 saturated heterocycles. The molecule has 4 heteroatoms. The maximum absolute atomic E-state index is 12.5. The van der Waals surface area contributed by atoms with Crippen LogP contribution in [0.4, 0.5) is 0 Å². The Kier molecular flexibility index (Phi) is 3.63. The Morgan fingerprint density at radius 3 is 2.81 bits per heavy atom. The minimum atomic E-state index is -0.462. The van der Waals surface area contributed by atoms with Gasteiger partial charge < -0.3 is 9.47 Å². The molecule has 0 spiro atoms. The predicted octanol–water partition coefficient (Wildman–Crippen LogP) is 2.88. The van der Waals surface area contributed by atoms with Crippen molar-refractivity contribution in [3.8, 4) is 0 Å². The maximum atomic E-state index is 12.5. The van der Waals surface area contributed by atoms with E-state index in [9.17, 15) is 9.59 Å². The number of hydrogen-bond acceptors (Lipinski definition) is 4. The predicted molar refractivity (Wildman–Crippen MR) is 77.7 cm³/mol. The normalized spacial score (nSPS) is 39.0. The van der Waals surface area contributed by atoms with Gasteiger partial charge in [0, 0.05) is 12.3 Å². The van der Waals surface area contributed by atoms with E-state index in [0.717, 1.165) is 32.1 Å². The summed E-state index contributed by atoms with van der Waals surface area (Å²) in [6.45, 7) is 6.10. The fraction of sp³-hybridized carbons (Fsp3) is 0.882. The van der Waals surface area contributed by atoms with Crippen molar-refractivity contribution in [1.29, 1.82) is 0 Å². The second kappa shape index (κ2) is 5.08. The van der Waals surface area contributed by atoms with Crippen LogP contribution in [-0.2, 0) is 19.1 Å². The second-order valence-electron chi connectivity index (χ2n) is 7.86. The Balaban J connectivity index is 1.83. The number of Topliss-reactive ketones (excluding diaryl/α,β-unsaturated/α-hetero) is 1. The van der Waals surface area contributed by atoms with Crippen LogP contribution in [0.5, 0.6) is 0 Å². The molecule has 21 heavy (non-hydrogen) atoms. The lowest BCUT2D eigenvalue weighted by Crippen LogP contribution is -2.55. The summed E-state index contributed by atoms with van der Waals surface area (Å²) in [5.74, 6) is 0.546. The van der Waals surface area contributed by atoms with Gasteiger partial charge >= 0.3 is 5.97 Å². The van der Waals surface area contributed by atoms with E-state index in [1.165, 1.54) is 0 Å². The van der Waals surface area contributed by atoms with Gasteiger partial charge in [0.05, 0.1) is 11.5 Å². The van der Waals surface area contributed by atoms with Crippen LogP contribution in [0.25, 0.3) is 0 Å². The average molecular weight is 294 g/mol. The van der Waals surface area contributed by atoms with Gasteiger partial charge in [0.2, 0.25) is 0 Å². The van der Waals surface area contributed by atoms with E-state index in [0.29, 0.717) is 12.3 Å².